The molecule has 0 N–H and O–H groups in total. The average Bonchev–Trinajstić information content (AvgIpc) is 4.10. The average molecular weight is 848 g/mol. The number of hydrogen-bond donors (Lipinski definition) is 0. The van der Waals surface area contributed by atoms with E-state index in [4.69, 9.17) is 0 Å². The minimum Gasteiger partial charge on any atom is -0.309 e. The molecule has 3 aromatic heterocycles. The maximum atomic E-state index is 2.50. The molecule has 0 bridgehead atoms. The van der Waals surface area contributed by atoms with Crippen LogP contribution in [-0.2, 0) is 5.41 Å². The zero-order valence-electron chi connectivity index (χ0n) is 34.6. The first-order valence-electron chi connectivity index (χ1n) is 22.0. The molecule has 3 heterocycles. The molecule has 10 aromatic carbocycles. The van der Waals surface area contributed by atoms with Crippen molar-refractivity contribution < 1.29 is 0 Å². The van der Waals surface area contributed by atoms with E-state index in [0.29, 0.717) is 0 Å². The molecule has 0 spiro atoms. The topological polar surface area (TPSA) is 4.93 Å². The lowest BCUT2D eigenvalue weighted by molar-refractivity contribution is 0.769. The lowest BCUT2D eigenvalue weighted by atomic mass is 9.67. The number of benzene rings is 10. The van der Waals surface area contributed by atoms with Crippen molar-refractivity contribution in [2.24, 2.45) is 0 Å². The molecule has 0 fully saturated rings. The first-order valence-corrected chi connectivity index (χ1v) is 23.6. The lowest BCUT2D eigenvalue weighted by Gasteiger charge is -2.34. The standard InChI is InChI=1S/C61H37NS2/c1-3-14-42(15-4-1)61(43-16-5-2-6-17-43)51-21-10-7-18-44(51)45-30-26-39(35-52(45)61)41-28-32-49-59(37-41)64-57-25-13-23-55(60(49)57)62-53-22-11-8-19-46(53)50-34-38(29-33-54(50)62)40-27-31-48-47-20-9-12-24-56(47)63-58(48)36-40/h1-37H. The van der Waals surface area contributed by atoms with E-state index >= 15 is 0 Å². The second-order valence-electron chi connectivity index (χ2n) is 17.1. The number of para-hydroxylation sites is 1. The third kappa shape index (κ3) is 5.05. The van der Waals surface area contributed by atoms with Crippen molar-refractivity contribution in [2.75, 3.05) is 0 Å². The summed E-state index contributed by atoms with van der Waals surface area (Å²) in [4.78, 5) is 0. The van der Waals surface area contributed by atoms with Crippen molar-refractivity contribution >= 4 is 84.8 Å². The third-order valence-electron chi connectivity index (χ3n) is 13.9. The van der Waals surface area contributed by atoms with Crippen LogP contribution in [0, 0.1) is 0 Å². The first-order chi connectivity index (χ1) is 31.7. The van der Waals surface area contributed by atoms with Crippen molar-refractivity contribution in [3.05, 3.63) is 247 Å². The lowest BCUT2D eigenvalue weighted by Crippen LogP contribution is -2.28. The van der Waals surface area contributed by atoms with Gasteiger partial charge in [0.1, 0.15) is 0 Å². The predicted molar refractivity (Wildman–Crippen MR) is 275 cm³/mol. The van der Waals surface area contributed by atoms with Crippen molar-refractivity contribution in [3.8, 4) is 39.1 Å². The van der Waals surface area contributed by atoms with Crippen LogP contribution in [0.5, 0.6) is 0 Å². The van der Waals surface area contributed by atoms with Crippen LogP contribution < -0.4 is 0 Å². The Morgan fingerprint density at radius 1 is 0.312 bits per heavy atom. The maximum absolute atomic E-state index is 2.50. The molecule has 0 aliphatic heterocycles. The molecule has 0 radical (unpaired) electrons. The number of nitrogens with zero attached hydrogens (tertiary/aromatic N) is 1. The fraction of sp³-hybridized carbons (Fsp3) is 0.0164. The highest BCUT2D eigenvalue weighted by Gasteiger charge is 2.46. The zero-order chi connectivity index (χ0) is 41.9. The Labute approximate surface area is 378 Å². The third-order valence-corrected chi connectivity index (χ3v) is 16.1. The number of thiophene rings is 2. The summed E-state index contributed by atoms with van der Waals surface area (Å²) in [7, 11) is 0. The smallest absolute Gasteiger partial charge is 0.0713 e. The molecule has 1 nitrogen and oxygen atoms in total. The number of hydrogen-bond acceptors (Lipinski definition) is 2. The highest BCUT2D eigenvalue weighted by atomic mass is 32.1. The van der Waals surface area contributed by atoms with Gasteiger partial charge in [-0.05, 0) is 110 Å². The number of rotatable bonds is 5. The van der Waals surface area contributed by atoms with E-state index in [1.807, 2.05) is 22.7 Å². The van der Waals surface area contributed by atoms with E-state index < -0.39 is 5.41 Å². The molecule has 0 amide bonds. The van der Waals surface area contributed by atoms with Crippen molar-refractivity contribution in [2.45, 2.75) is 5.41 Å². The summed E-state index contributed by atoms with van der Waals surface area (Å²) in [6.07, 6.45) is 0. The molecule has 298 valence electrons. The molecular weight excluding hydrogens is 811 g/mol. The Morgan fingerprint density at radius 3 is 1.67 bits per heavy atom. The molecule has 0 unspecified atom stereocenters. The van der Waals surface area contributed by atoms with E-state index in [1.54, 1.807) is 0 Å². The van der Waals surface area contributed by atoms with Crippen LogP contribution in [0.3, 0.4) is 0 Å². The van der Waals surface area contributed by atoms with Crippen molar-refractivity contribution in [1.82, 2.24) is 4.57 Å². The minimum atomic E-state index is -0.434. The molecule has 0 atom stereocenters. The molecular formula is C61H37NS2. The summed E-state index contributed by atoms with van der Waals surface area (Å²) < 4.78 is 7.75. The zero-order valence-corrected chi connectivity index (χ0v) is 36.3. The van der Waals surface area contributed by atoms with Gasteiger partial charge < -0.3 is 4.57 Å². The van der Waals surface area contributed by atoms with E-state index in [1.165, 1.54) is 123 Å². The Kier molecular flexibility index (Phi) is 7.71. The van der Waals surface area contributed by atoms with E-state index in [-0.39, 0.29) is 0 Å². The predicted octanol–water partition coefficient (Wildman–Crippen LogP) is 17.2. The normalized spacial score (nSPS) is 13.1. The molecule has 13 aromatic rings. The molecule has 14 rings (SSSR count). The summed E-state index contributed by atoms with van der Waals surface area (Å²) in [6, 6.07) is 83.9. The van der Waals surface area contributed by atoms with Gasteiger partial charge in [-0.3, -0.25) is 0 Å². The Morgan fingerprint density at radius 2 is 0.859 bits per heavy atom. The SMILES string of the molecule is c1ccc(C2(c3ccccc3)c3ccccc3-c3ccc(-c4ccc5c(c4)sc4cccc(-n6c7ccccc7c7cc(-c8ccc9c(c8)sc8ccccc89)ccc76)c45)cc32)cc1. The van der Waals surface area contributed by atoms with E-state index in [2.05, 4.69) is 229 Å². The van der Waals surface area contributed by atoms with Crippen LogP contribution in [-0.4, -0.2) is 4.57 Å². The van der Waals surface area contributed by atoms with Gasteiger partial charge in [0.25, 0.3) is 0 Å². The van der Waals surface area contributed by atoms with Crippen LogP contribution in [0.15, 0.2) is 224 Å². The van der Waals surface area contributed by atoms with E-state index in [9.17, 15) is 0 Å². The van der Waals surface area contributed by atoms with Gasteiger partial charge in [-0.15, -0.1) is 22.7 Å². The fourth-order valence-corrected chi connectivity index (χ4v) is 13.4. The molecule has 1 aliphatic rings. The van der Waals surface area contributed by atoms with Gasteiger partial charge in [0, 0.05) is 51.1 Å². The van der Waals surface area contributed by atoms with Crippen LogP contribution in [0.25, 0.3) is 101 Å². The maximum Gasteiger partial charge on any atom is 0.0713 e. The molecule has 64 heavy (non-hydrogen) atoms. The summed E-state index contributed by atoms with van der Waals surface area (Å²) in [5.41, 5.74) is 16.0. The molecule has 0 saturated carbocycles. The van der Waals surface area contributed by atoms with Gasteiger partial charge in [0.2, 0.25) is 0 Å². The van der Waals surface area contributed by atoms with Crippen molar-refractivity contribution in [3.63, 3.8) is 0 Å². The van der Waals surface area contributed by atoms with Crippen LogP contribution in [0.4, 0.5) is 0 Å². The quantitative estimate of drug-likeness (QED) is 0.163. The van der Waals surface area contributed by atoms with Crippen LogP contribution in [0.2, 0.25) is 0 Å². The van der Waals surface area contributed by atoms with Crippen LogP contribution >= 0.6 is 22.7 Å². The van der Waals surface area contributed by atoms with Crippen LogP contribution in [0.1, 0.15) is 22.3 Å². The van der Waals surface area contributed by atoms with Gasteiger partial charge in [-0.1, -0.05) is 170 Å². The summed E-state index contributed by atoms with van der Waals surface area (Å²) in [6.45, 7) is 0. The minimum absolute atomic E-state index is 0.434. The van der Waals surface area contributed by atoms with Gasteiger partial charge >= 0.3 is 0 Å². The molecule has 3 heteroatoms. The Hall–Kier alpha value is -7.56. The van der Waals surface area contributed by atoms with Gasteiger partial charge in [-0.2, -0.15) is 0 Å². The molecule has 0 saturated heterocycles. The fourth-order valence-electron chi connectivity index (χ4n) is 11.1. The largest absolute Gasteiger partial charge is 0.309 e. The highest BCUT2D eigenvalue weighted by molar-refractivity contribution is 7.26. The van der Waals surface area contributed by atoms with Gasteiger partial charge in [0.15, 0.2) is 0 Å². The summed E-state index contributed by atoms with van der Waals surface area (Å²) in [5, 5.41) is 7.78. The summed E-state index contributed by atoms with van der Waals surface area (Å²) in [5.74, 6) is 0. The Balaban J connectivity index is 0.916. The Bertz CT molecular complexity index is 3980. The van der Waals surface area contributed by atoms with Crippen molar-refractivity contribution in [1.29, 1.82) is 0 Å². The van der Waals surface area contributed by atoms with Gasteiger partial charge in [-0.25, -0.2) is 0 Å². The number of fused-ring (bicyclic) bond motifs is 12. The second kappa shape index (κ2) is 13.7. The summed E-state index contributed by atoms with van der Waals surface area (Å²) >= 11 is 3.77. The van der Waals surface area contributed by atoms with E-state index in [0.717, 1.165) is 0 Å². The monoisotopic (exact) mass is 847 g/mol. The highest BCUT2D eigenvalue weighted by Crippen LogP contribution is 2.57. The second-order valence-corrected chi connectivity index (χ2v) is 19.3. The first kappa shape index (κ1) is 36.0. The number of aromatic nitrogens is 1. The molecule has 1 aliphatic carbocycles. The van der Waals surface area contributed by atoms with Gasteiger partial charge in [0.05, 0.1) is 22.1 Å².